The number of allylic oxidation sites excluding steroid dienone is 4. The van der Waals surface area contributed by atoms with Crippen LogP contribution < -0.4 is 5.53 Å². The maximum Gasteiger partial charge on any atom is 0.0656 e. The van der Waals surface area contributed by atoms with E-state index in [9.17, 15) is 0 Å². The van der Waals surface area contributed by atoms with E-state index in [0.717, 1.165) is 12.1 Å². The van der Waals surface area contributed by atoms with Gasteiger partial charge in [0, 0.05) is 18.5 Å². The minimum atomic E-state index is 0.609. The molecule has 0 aromatic heterocycles. The summed E-state index contributed by atoms with van der Waals surface area (Å²) in [6.45, 7) is 4.42. The Labute approximate surface area is 85.1 Å². The fourth-order valence-corrected chi connectivity index (χ4v) is 1.92. The first-order valence-electron chi connectivity index (χ1n) is 5.21. The number of rotatable bonds is 2. The van der Waals surface area contributed by atoms with Gasteiger partial charge in [0.05, 0.1) is 5.71 Å². The maximum atomic E-state index is 4.36. The van der Waals surface area contributed by atoms with Gasteiger partial charge in [-0.25, -0.2) is 10.5 Å². The molecule has 0 aromatic rings. The molecule has 1 aliphatic carbocycles. The molecule has 3 heteroatoms. The van der Waals surface area contributed by atoms with Gasteiger partial charge < -0.3 is 0 Å². The van der Waals surface area contributed by atoms with E-state index < -0.39 is 0 Å². The monoisotopic (exact) mass is 191 g/mol. The largest absolute Gasteiger partial charge is 0.240 e. The Morgan fingerprint density at radius 1 is 1.36 bits per heavy atom. The van der Waals surface area contributed by atoms with Crippen molar-refractivity contribution in [2.45, 2.75) is 38.8 Å². The number of hydrogen-bond donors (Lipinski definition) is 1. The van der Waals surface area contributed by atoms with Gasteiger partial charge in [0.25, 0.3) is 0 Å². The zero-order valence-electron chi connectivity index (χ0n) is 8.77. The van der Waals surface area contributed by atoms with Gasteiger partial charge in [-0.05, 0) is 26.3 Å². The third kappa shape index (κ3) is 1.87. The van der Waals surface area contributed by atoms with Crippen molar-refractivity contribution in [3.8, 4) is 0 Å². The number of nitrogens with zero attached hydrogens (tertiary/aromatic N) is 2. The van der Waals surface area contributed by atoms with E-state index >= 15 is 0 Å². The maximum absolute atomic E-state index is 4.36. The summed E-state index contributed by atoms with van der Waals surface area (Å²) in [6.07, 6.45) is 10.4. The van der Waals surface area contributed by atoms with Crippen LogP contribution in [0, 0.1) is 0 Å². The fourth-order valence-electron chi connectivity index (χ4n) is 1.92. The molecule has 0 aromatic carbocycles. The molecule has 1 aliphatic heterocycles. The topological polar surface area (TPSA) is 27.6 Å². The lowest BCUT2D eigenvalue weighted by Crippen LogP contribution is -2.58. The molecule has 2 unspecified atom stereocenters. The highest BCUT2D eigenvalue weighted by Crippen LogP contribution is 2.21. The summed E-state index contributed by atoms with van der Waals surface area (Å²) in [7, 11) is 0. The second-order valence-electron chi connectivity index (χ2n) is 4.04. The summed E-state index contributed by atoms with van der Waals surface area (Å²) in [6, 6.07) is 1.22. The molecule has 0 bridgehead atoms. The average Bonchev–Trinajstić information content (AvgIpc) is 2.19. The van der Waals surface area contributed by atoms with Crippen LogP contribution >= 0.6 is 0 Å². The number of hydrogen-bond acceptors (Lipinski definition) is 3. The molecule has 2 rings (SSSR count). The van der Waals surface area contributed by atoms with Crippen molar-refractivity contribution >= 4 is 5.71 Å². The minimum Gasteiger partial charge on any atom is -0.240 e. The van der Waals surface area contributed by atoms with Crippen LogP contribution in [0.4, 0.5) is 0 Å². The Balaban J connectivity index is 1.86. The summed E-state index contributed by atoms with van der Waals surface area (Å²) in [5, 5.41) is 6.55. The second-order valence-corrected chi connectivity index (χ2v) is 4.04. The smallest absolute Gasteiger partial charge is 0.0656 e. The van der Waals surface area contributed by atoms with Crippen molar-refractivity contribution in [3.63, 3.8) is 0 Å². The van der Waals surface area contributed by atoms with Gasteiger partial charge in [0.15, 0.2) is 0 Å². The number of hydrazone groups is 1. The second kappa shape index (κ2) is 3.96. The number of nitrogens with one attached hydrogen (secondary N) is 1. The van der Waals surface area contributed by atoms with E-state index in [1.165, 1.54) is 6.42 Å². The Hall–Kier alpha value is -1.09. The summed E-state index contributed by atoms with van der Waals surface area (Å²) in [4.78, 5) is 0. The summed E-state index contributed by atoms with van der Waals surface area (Å²) >= 11 is 0. The van der Waals surface area contributed by atoms with Crippen molar-refractivity contribution in [3.05, 3.63) is 24.3 Å². The van der Waals surface area contributed by atoms with Crippen molar-refractivity contribution in [1.82, 2.24) is 10.5 Å². The van der Waals surface area contributed by atoms with Gasteiger partial charge in [0.1, 0.15) is 0 Å². The Morgan fingerprint density at radius 3 is 2.71 bits per heavy atom. The molecule has 1 heterocycles. The molecule has 1 N–H and O–H groups in total. The first-order chi connectivity index (χ1) is 6.77. The van der Waals surface area contributed by atoms with E-state index in [1.807, 2.05) is 18.2 Å². The minimum absolute atomic E-state index is 0.609. The highest BCUT2D eigenvalue weighted by atomic mass is 15.7. The van der Waals surface area contributed by atoms with Gasteiger partial charge in [-0.1, -0.05) is 18.2 Å². The van der Waals surface area contributed by atoms with Gasteiger partial charge in [0.2, 0.25) is 0 Å². The van der Waals surface area contributed by atoms with E-state index in [4.69, 9.17) is 0 Å². The zero-order valence-corrected chi connectivity index (χ0v) is 8.77. The molecular weight excluding hydrogens is 174 g/mol. The molecule has 1 fully saturated rings. The van der Waals surface area contributed by atoms with Crippen LogP contribution in [0.3, 0.4) is 0 Å². The molecule has 14 heavy (non-hydrogen) atoms. The lowest BCUT2D eigenvalue weighted by atomic mass is 9.99. The molecular formula is C11H17N3. The SMILES string of the molecule is CC1CC(C)N1N/N=C1/C=CC=CC1. The zero-order chi connectivity index (χ0) is 9.97. The third-order valence-electron chi connectivity index (χ3n) is 2.80. The van der Waals surface area contributed by atoms with Crippen LogP contribution in [-0.2, 0) is 0 Å². The molecule has 2 atom stereocenters. The Bertz CT molecular complexity index is 283. The van der Waals surface area contributed by atoms with Crippen molar-refractivity contribution in [2.75, 3.05) is 0 Å². The van der Waals surface area contributed by atoms with Crippen LogP contribution in [0.1, 0.15) is 26.7 Å². The lowest BCUT2D eigenvalue weighted by molar-refractivity contribution is -0.0142. The van der Waals surface area contributed by atoms with Crippen LogP contribution in [0.2, 0.25) is 0 Å². The highest BCUT2D eigenvalue weighted by molar-refractivity contribution is 5.96. The van der Waals surface area contributed by atoms with E-state index in [-0.39, 0.29) is 0 Å². The first kappa shape index (κ1) is 9.46. The Morgan fingerprint density at radius 2 is 2.14 bits per heavy atom. The van der Waals surface area contributed by atoms with Gasteiger partial charge in [-0.2, -0.15) is 5.10 Å². The van der Waals surface area contributed by atoms with Crippen molar-refractivity contribution < 1.29 is 0 Å². The van der Waals surface area contributed by atoms with E-state index in [2.05, 4.69) is 35.6 Å². The lowest BCUT2D eigenvalue weighted by Gasteiger charge is -2.43. The molecule has 3 nitrogen and oxygen atoms in total. The molecule has 0 radical (unpaired) electrons. The average molecular weight is 191 g/mol. The van der Waals surface area contributed by atoms with Crippen LogP contribution in [0.25, 0.3) is 0 Å². The summed E-state index contributed by atoms with van der Waals surface area (Å²) in [5.74, 6) is 0. The molecule has 0 amide bonds. The van der Waals surface area contributed by atoms with Crippen LogP contribution in [0.15, 0.2) is 29.4 Å². The third-order valence-corrected chi connectivity index (χ3v) is 2.80. The van der Waals surface area contributed by atoms with Crippen LogP contribution in [0.5, 0.6) is 0 Å². The van der Waals surface area contributed by atoms with Crippen molar-refractivity contribution in [2.24, 2.45) is 5.10 Å². The van der Waals surface area contributed by atoms with Gasteiger partial charge in [-0.3, -0.25) is 0 Å². The first-order valence-corrected chi connectivity index (χ1v) is 5.21. The van der Waals surface area contributed by atoms with E-state index in [1.54, 1.807) is 0 Å². The van der Waals surface area contributed by atoms with Crippen molar-refractivity contribution in [1.29, 1.82) is 0 Å². The quantitative estimate of drug-likeness (QED) is 0.674. The normalized spacial score (nSPS) is 34.6. The Kier molecular flexibility index (Phi) is 2.68. The molecule has 76 valence electrons. The molecule has 0 spiro atoms. The van der Waals surface area contributed by atoms with Crippen LogP contribution in [-0.4, -0.2) is 22.8 Å². The molecule has 1 saturated heterocycles. The molecule has 0 saturated carbocycles. The predicted molar refractivity (Wildman–Crippen MR) is 58.8 cm³/mol. The standard InChI is InChI=1S/C11H17N3/c1-9-8-10(2)14(9)13-12-11-6-4-3-5-7-11/h3-6,9-10,13H,7-8H2,1-2H3/b12-11-. The van der Waals surface area contributed by atoms with E-state index in [0.29, 0.717) is 12.1 Å². The highest BCUT2D eigenvalue weighted by Gasteiger charge is 2.31. The number of hydrazine groups is 1. The van der Waals surface area contributed by atoms with Gasteiger partial charge >= 0.3 is 0 Å². The molecule has 2 aliphatic rings. The summed E-state index contributed by atoms with van der Waals surface area (Å²) in [5.41, 5.74) is 4.22. The summed E-state index contributed by atoms with van der Waals surface area (Å²) < 4.78 is 0. The fraction of sp³-hybridized carbons (Fsp3) is 0.545. The predicted octanol–water partition coefficient (Wildman–Crippen LogP) is 1.85. The van der Waals surface area contributed by atoms with Gasteiger partial charge in [-0.15, -0.1) is 0 Å².